The quantitative estimate of drug-likeness (QED) is 0.778. The van der Waals surface area contributed by atoms with E-state index in [0.717, 1.165) is 25.1 Å². The predicted octanol–water partition coefficient (Wildman–Crippen LogP) is 2.31. The molecule has 1 aliphatic rings. The molecule has 0 N–H and O–H groups in total. The van der Waals surface area contributed by atoms with Crippen LogP contribution in [0, 0.1) is 18.3 Å². The second kappa shape index (κ2) is 6.29. The maximum absolute atomic E-state index is 12.0. The minimum absolute atomic E-state index is 0.0534. The van der Waals surface area contributed by atoms with Gasteiger partial charge in [-0.3, -0.25) is 4.79 Å². The van der Waals surface area contributed by atoms with Crippen LogP contribution in [0.1, 0.15) is 25.3 Å². The van der Waals surface area contributed by atoms with Gasteiger partial charge in [0.2, 0.25) is 0 Å². The molecule has 1 unspecified atom stereocenters. The average molecular weight is 257 g/mol. The number of hydrogen-bond donors (Lipinski definition) is 0. The van der Waals surface area contributed by atoms with Gasteiger partial charge in [-0.05, 0) is 37.0 Å². The van der Waals surface area contributed by atoms with Crippen LogP contribution in [-0.2, 0) is 4.79 Å². The van der Waals surface area contributed by atoms with Crippen molar-refractivity contribution in [2.24, 2.45) is 5.92 Å². The van der Waals surface area contributed by atoms with Gasteiger partial charge < -0.3 is 9.64 Å². The van der Waals surface area contributed by atoms with Crippen LogP contribution in [0.4, 0.5) is 0 Å². The summed E-state index contributed by atoms with van der Waals surface area (Å²) in [6, 6.07) is 7.25. The van der Waals surface area contributed by atoms with Crippen molar-refractivity contribution >= 4 is 5.91 Å². The molecule has 0 aromatic heterocycles. The molecule has 0 spiro atoms. The van der Waals surface area contributed by atoms with E-state index in [1.165, 1.54) is 6.42 Å². The zero-order chi connectivity index (χ0) is 13.7. The molecule has 0 aliphatic carbocycles. The highest BCUT2D eigenvalue weighted by molar-refractivity contribution is 5.77. The fourth-order valence-electron chi connectivity index (χ4n) is 2.33. The second-order valence-corrected chi connectivity index (χ2v) is 5.05. The van der Waals surface area contributed by atoms with Crippen LogP contribution in [0.2, 0.25) is 0 Å². The van der Waals surface area contributed by atoms with E-state index in [1.54, 1.807) is 6.07 Å². The molecule has 3 nitrogen and oxygen atoms in total. The van der Waals surface area contributed by atoms with Crippen molar-refractivity contribution in [1.29, 1.82) is 0 Å². The molecule has 1 aromatic carbocycles. The molecule has 1 amide bonds. The summed E-state index contributed by atoms with van der Waals surface area (Å²) in [6.07, 6.45) is 7.61. The van der Waals surface area contributed by atoms with E-state index in [0.29, 0.717) is 11.7 Å². The van der Waals surface area contributed by atoms with Crippen LogP contribution in [0.3, 0.4) is 0 Å². The van der Waals surface area contributed by atoms with Crippen LogP contribution in [0.15, 0.2) is 24.3 Å². The Morgan fingerprint density at radius 1 is 1.58 bits per heavy atom. The largest absolute Gasteiger partial charge is 0.484 e. The Balaban J connectivity index is 1.87. The van der Waals surface area contributed by atoms with Gasteiger partial charge in [0.15, 0.2) is 6.61 Å². The molecule has 1 aliphatic heterocycles. The number of amides is 1. The molecular weight excluding hydrogens is 238 g/mol. The van der Waals surface area contributed by atoms with E-state index in [1.807, 2.05) is 23.1 Å². The third kappa shape index (κ3) is 3.75. The molecule has 1 atom stereocenters. The third-order valence-electron chi connectivity index (χ3n) is 3.37. The Morgan fingerprint density at radius 2 is 2.42 bits per heavy atom. The number of benzene rings is 1. The molecule has 100 valence electrons. The molecule has 0 radical (unpaired) electrons. The summed E-state index contributed by atoms with van der Waals surface area (Å²) < 4.78 is 5.51. The van der Waals surface area contributed by atoms with Crippen molar-refractivity contribution in [2.75, 3.05) is 19.7 Å². The minimum Gasteiger partial charge on any atom is -0.484 e. The number of terminal acetylenes is 1. The summed E-state index contributed by atoms with van der Waals surface area (Å²) in [4.78, 5) is 13.9. The first-order valence-electron chi connectivity index (χ1n) is 6.66. The summed E-state index contributed by atoms with van der Waals surface area (Å²) in [5.74, 6) is 3.83. The van der Waals surface area contributed by atoms with Gasteiger partial charge in [0, 0.05) is 18.7 Å². The number of ether oxygens (including phenoxy) is 1. The van der Waals surface area contributed by atoms with E-state index in [9.17, 15) is 4.79 Å². The lowest BCUT2D eigenvalue weighted by molar-refractivity contribution is -0.135. The number of hydrogen-bond acceptors (Lipinski definition) is 2. The minimum atomic E-state index is 0.0534. The van der Waals surface area contributed by atoms with Crippen LogP contribution in [0.25, 0.3) is 0 Å². The first-order chi connectivity index (χ1) is 9.19. The first-order valence-corrected chi connectivity index (χ1v) is 6.66. The lowest BCUT2D eigenvalue weighted by Crippen LogP contribution is -2.41. The van der Waals surface area contributed by atoms with Gasteiger partial charge in [0.05, 0.1) is 0 Å². The van der Waals surface area contributed by atoms with Crippen molar-refractivity contribution in [1.82, 2.24) is 4.90 Å². The van der Waals surface area contributed by atoms with Crippen molar-refractivity contribution in [2.45, 2.75) is 19.8 Å². The summed E-state index contributed by atoms with van der Waals surface area (Å²) in [6.45, 7) is 3.95. The lowest BCUT2D eigenvalue weighted by Gasteiger charge is -2.30. The van der Waals surface area contributed by atoms with E-state index in [2.05, 4.69) is 12.8 Å². The molecule has 2 rings (SSSR count). The number of likely N-dealkylation sites (tertiary alicyclic amines) is 1. The Hall–Kier alpha value is -1.95. The average Bonchev–Trinajstić information content (AvgIpc) is 2.45. The van der Waals surface area contributed by atoms with Crippen molar-refractivity contribution in [3.63, 3.8) is 0 Å². The predicted molar refractivity (Wildman–Crippen MR) is 74.9 cm³/mol. The number of carbonyl (C=O) groups is 1. The van der Waals surface area contributed by atoms with Gasteiger partial charge in [-0.15, -0.1) is 6.42 Å². The Bertz CT molecular complexity index is 490. The van der Waals surface area contributed by atoms with Crippen molar-refractivity contribution in [3.8, 4) is 18.1 Å². The molecule has 1 fully saturated rings. The normalized spacial score (nSPS) is 18.7. The van der Waals surface area contributed by atoms with Gasteiger partial charge in [0.25, 0.3) is 5.91 Å². The van der Waals surface area contributed by atoms with Gasteiger partial charge in [-0.1, -0.05) is 18.9 Å². The molecule has 0 bridgehead atoms. The van der Waals surface area contributed by atoms with Gasteiger partial charge in [-0.25, -0.2) is 0 Å². The maximum Gasteiger partial charge on any atom is 0.260 e. The van der Waals surface area contributed by atoms with Gasteiger partial charge >= 0.3 is 0 Å². The standard InChI is InChI=1S/C16H19NO2/c1-3-14-7-4-8-15(10-14)19-12-16(18)17-9-5-6-13(2)11-17/h1,4,7-8,10,13H,5-6,9,11-12H2,2H3. The lowest BCUT2D eigenvalue weighted by atomic mass is 10.0. The molecule has 1 heterocycles. The molecular formula is C16H19NO2. The van der Waals surface area contributed by atoms with Crippen molar-refractivity contribution < 1.29 is 9.53 Å². The zero-order valence-electron chi connectivity index (χ0n) is 11.3. The molecule has 1 aromatic rings. The van der Waals surface area contributed by atoms with E-state index in [-0.39, 0.29) is 12.5 Å². The fraction of sp³-hybridized carbons (Fsp3) is 0.438. The third-order valence-corrected chi connectivity index (χ3v) is 3.37. The number of carbonyl (C=O) groups excluding carboxylic acids is 1. The Morgan fingerprint density at radius 3 is 3.16 bits per heavy atom. The number of nitrogens with zero attached hydrogens (tertiary/aromatic N) is 1. The van der Waals surface area contributed by atoms with Crippen LogP contribution in [-0.4, -0.2) is 30.5 Å². The summed E-state index contributed by atoms with van der Waals surface area (Å²) in [7, 11) is 0. The van der Waals surface area contributed by atoms with Crippen LogP contribution >= 0.6 is 0 Å². The molecule has 0 saturated carbocycles. The van der Waals surface area contributed by atoms with E-state index < -0.39 is 0 Å². The highest BCUT2D eigenvalue weighted by atomic mass is 16.5. The summed E-state index contributed by atoms with van der Waals surface area (Å²) in [5.41, 5.74) is 0.761. The molecule has 1 saturated heterocycles. The summed E-state index contributed by atoms with van der Waals surface area (Å²) in [5, 5.41) is 0. The molecule has 19 heavy (non-hydrogen) atoms. The maximum atomic E-state index is 12.0. The van der Waals surface area contributed by atoms with Gasteiger partial charge in [0.1, 0.15) is 5.75 Å². The fourth-order valence-corrected chi connectivity index (χ4v) is 2.33. The van der Waals surface area contributed by atoms with Crippen LogP contribution < -0.4 is 4.74 Å². The summed E-state index contributed by atoms with van der Waals surface area (Å²) >= 11 is 0. The zero-order valence-corrected chi connectivity index (χ0v) is 11.3. The highest BCUT2D eigenvalue weighted by Gasteiger charge is 2.20. The van der Waals surface area contributed by atoms with E-state index in [4.69, 9.17) is 11.2 Å². The topological polar surface area (TPSA) is 29.5 Å². The van der Waals surface area contributed by atoms with Crippen molar-refractivity contribution in [3.05, 3.63) is 29.8 Å². The van der Waals surface area contributed by atoms with E-state index >= 15 is 0 Å². The SMILES string of the molecule is C#Cc1cccc(OCC(=O)N2CCCC(C)C2)c1. The Labute approximate surface area is 114 Å². The number of piperidine rings is 1. The smallest absolute Gasteiger partial charge is 0.260 e. The first kappa shape index (κ1) is 13.5. The second-order valence-electron chi connectivity index (χ2n) is 5.05. The molecule has 3 heteroatoms. The Kier molecular flexibility index (Phi) is 4.46. The monoisotopic (exact) mass is 257 g/mol. The van der Waals surface area contributed by atoms with Gasteiger partial charge in [-0.2, -0.15) is 0 Å². The number of rotatable bonds is 3. The highest BCUT2D eigenvalue weighted by Crippen LogP contribution is 2.16. The van der Waals surface area contributed by atoms with Crippen LogP contribution in [0.5, 0.6) is 5.75 Å².